The van der Waals surface area contributed by atoms with Gasteiger partial charge in [-0.25, -0.2) is 4.79 Å². The van der Waals surface area contributed by atoms with E-state index in [1.165, 1.54) is 0 Å². The zero-order chi connectivity index (χ0) is 13.8. The Labute approximate surface area is 113 Å². The molecule has 5 heteroatoms. The van der Waals surface area contributed by atoms with Crippen LogP contribution in [0.5, 0.6) is 0 Å². The molecule has 1 heterocycles. The largest absolute Gasteiger partial charge is 0.338 e. The number of nitrogens with zero attached hydrogens (tertiary/aromatic N) is 1. The van der Waals surface area contributed by atoms with Crippen LogP contribution in [-0.2, 0) is 4.79 Å². The van der Waals surface area contributed by atoms with Crippen molar-refractivity contribution in [2.45, 2.75) is 26.7 Å². The number of anilines is 2. The maximum atomic E-state index is 11.8. The molecule has 5 nitrogen and oxygen atoms in total. The molecule has 0 bridgehead atoms. The van der Waals surface area contributed by atoms with Gasteiger partial charge in [0.05, 0.1) is 0 Å². The number of carbonyl (C=O) groups is 2. The van der Waals surface area contributed by atoms with Crippen LogP contribution in [-0.4, -0.2) is 25.0 Å². The standard InChI is InChI=1S/C14H19N3O2/c1-3-15-14(19)16-11-7-6-10(2)12(9-11)17-8-4-5-13(17)18/h6-7,9H,3-5,8H2,1-2H3,(H2,15,16,19). The van der Waals surface area contributed by atoms with Crippen LogP contribution in [0.1, 0.15) is 25.3 Å². The highest BCUT2D eigenvalue weighted by molar-refractivity contribution is 5.97. The molecule has 2 N–H and O–H groups in total. The third kappa shape index (κ3) is 3.05. The summed E-state index contributed by atoms with van der Waals surface area (Å²) in [5.41, 5.74) is 2.62. The Morgan fingerprint density at radius 3 is 2.84 bits per heavy atom. The first kappa shape index (κ1) is 13.4. The molecule has 0 aromatic heterocycles. The van der Waals surface area contributed by atoms with Crippen molar-refractivity contribution in [3.63, 3.8) is 0 Å². The summed E-state index contributed by atoms with van der Waals surface area (Å²) in [6.07, 6.45) is 1.50. The van der Waals surface area contributed by atoms with Crippen LogP contribution >= 0.6 is 0 Å². The van der Waals surface area contributed by atoms with Crippen molar-refractivity contribution < 1.29 is 9.59 Å². The molecule has 1 aliphatic heterocycles. The maximum Gasteiger partial charge on any atom is 0.319 e. The van der Waals surface area contributed by atoms with Crippen molar-refractivity contribution in [3.05, 3.63) is 23.8 Å². The number of aryl methyl sites for hydroxylation is 1. The summed E-state index contributed by atoms with van der Waals surface area (Å²) in [5, 5.41) is 5.44. The molecule has 1 aromatic carbocycles. The van der Waals surface area contributed by atoms with Crippen LogP contribution in [0.2, 0.25) is 0 Å². The molecule has 2 rings (SSSR count). The van der Waals surface area contributed by atoms with Crippen molar-refractivity contribution in [3.8, 4) is 0 Å². The molecule has 1 aromatic rings. The number of urea groups is 1. The average molecular weight is 261 g/mol. The van der Waals surface area contributed by atoms with Gasteiger partial charge < -0.3 is 15.5 Å². The quantitative estimate of drug-likeness (QED) is 0.876. The van der Waals surface area contributed by atoms with E-state index in [0.29, 0.717) is 18.7 Å². The third-order valence-electron chi connectivity index (χ3n) is 3.17. The van der Waals surface area contributed by atoms with Crippen molar-refractivity contribution in [2.24, 2.45) is 0 Å². The fourth-order valence-corrected chi connectivity index (χ4v) is 2.22. The lowest BCUT2D eigenvalue weighted by Gasteiger charge is -2.19. The number of carbonyl (C=O) groups excluding carboxylic acids is 2. The number of rotatable bonds is 3. The molecule has 0 spiro atoms. The zero-order valence-corrected chi connectivity index (χ0v) is 11.3. The second-order valence-corrected chi connectivity index (χ2v) is 4.63. The molecule has 102 valence electrons. The van der Waals surface area contributed by atoms with Crippen molar-refractivity contribution in [2.75, 3.05) is 23.3 Å². The van der Waals surface area contributed by atoms with Crippen LogP contribution in [0.15, 0.2) is 18.2 Å². The van der Waals surface area contributed by atoms with E-state index < -0.39 is 0 Å². The predicted molar refractivity (Wildman–Crippen MR) is 75.5 cm³/mol. The van der Waals surface area contributed by atoms with Gasteiger partial charge >= 0.3 is 6.03 Å². The lowest BCUT2D eigenvalue weighted by atomic mass is 10.1. The molecule has 0 atom stereocenters. The van der Waals surface area contributed by atoms with E-state index in [4.69, 9.17) is 0 Å². The first-order chi connectivity index (χ1) is 9.11. The van der Waals surface area contributed by atoms with Crippen molar-refractivity contribution in [1.29, 1.82) is 0 Å². The second-order valence-electron chi connectivity index (χ2n) is 4.63. The molecule has 19 heavy (non-hydrogen) atoms. The summed E-state index contributed by atoms with van der Waals surface area (Å²) in [6.45, 7) is 5.17. The first-order valence-electron chi connectivity index (χ1n) is 6.57. The van der Waals surface area contributed by atoms with Crippen molar-refractivity contribution in [1.82, 2.24) is 5.32 Å². The molecular weight excluding hydrogens is 242 g/mol. The fourth-order valence-electron chi connectivity index (χ4n) is 2.22. The third-order valence-corrected chi connectivity index (χ3v) is 3.17. The summed E-state index contributed by atoms with van der Waals surface area (Å²) in [5.74, 6) is 0.151. The molecule has 0 aliphatic carbocycles. The van der Waals surface area contributed by atoms with Gasteiger partial charge in [0.1, 0.15) is 0 Å². The van der Waals surface area contributed by atoms with E-state index in [1.54, 1.807) is 4.90 Å². The Bertz CT molecular complexity index is 499. The van der Waals surface area contributed by atoms with Crippen LogP contribution in [0.25, 0.3) is 0 Å². The van der Waals surface area contributed by atoms with Gasteiger partial charge in [-0.05, 0) is 38.0 Å². The van der Waals surface area contributed by atoms with E-state index in [1.807, 2.05) is 32.0 Å². The Hall–Kier alpha value is -2.04. The maximum absolute atomic E-state index is 11.8. The summed E-state index contributed by atoms with van der Waals surface area (Å²) in [6, 6.07) is 5.38. The van der Waals surface area contributed by atoms with Gasteiger partial charge in [0.25, 0.3) is 0 Å². The Kier molecular flexibility index (Phi) is 4.04. The minimum Gasteiger partial charge on any atom is -0.338 e. The van der Waals surface area contributed by atoms with E-state index in [2.05, 4.69) is 10.6 Å². The zero-order valence-electron chi connectivity index (χ0n) is 11.3. The Morgan fingerprint density at radius 1 is 1.42 bits per heavy atom. The molecule has 0 radical (unpaired) electrons. The number of hydrogen-bond acceptors (Lipinski definition) is 2. The minimum absolute atomic E-state index is 0.151. The van der Waals surface area contributed by atoms with Gasteiger partial charge in [-0.15, -0.1) is 0 Å². The molecule has 1 saturated heterocycles. The molecule has 1 aliphatic rings. The fraction of sp³-hybridized carbons (Fsp3) is 0.429. The summed E-state index contributed by atoms with van der Waals surface area (Å²) < 4.78 is 0. The lowest BCUT2D eigenvalue weighted by molar-refractivity contribution is -0.117. The molecular formula is C14H19N3O2. The van der Waals surface area contributed by atoms with E-state index in [0.717, 1.165) is 24.2 Å². The molecule has 1 fully saturated rings. The van der Waals surface area contributed by atoms with Crippen LogP contribution in [0.4, 0.5) is 16.2 Å². The summed E-state index contributed by atoms with van der Waals surface area (Å²) in [4.78, 5) is 25.1. The predicted octanol–water partition coefficient (Wildman–Crippen LogP) is 2.26. The van der Waals surface area contributed by atoms with Crippen LogP contribution in [0.3, 0.4) is 0 Å². The van der Waals surface area contributed by atoms with E-state index in [9.17, 15) is 9.59 Å². The molecule has 3 amide bonds. The smallest absolute Gasteiger partial charge is 0.319 e. The van der Waals surface area contributed by atoms with Gasteiger partial charge in [0.2, 0.25) is 5.91 Å². The number of nitrogens with one attached hydrogen (secondary N) is 2. The topological polar surface area (TPSA) is 61.4 Å². The molecule has 0 unspecified atom stereocenters. The summed E-state index contributed by atoms with van der Waals surface area (Å²) >= 11 is 0. The van der Waals surface area contributed by atoms with Crippen molar-refractivity contribution >= 4 is 23.3 Å². The lowest BCUT2D eigenvalue weighted by Crippen LogP contribution is -2.28. The van der Waals surface area contributed by atoms with Gasteiger partial charge in [-0.3, -0.25) is 4.79 Å². The van der Waals surface area contributed by atoms with Gasteiger partial charge in [-0.1, -0.05) is 6.07 Å². The monoisotopic (exact) mass is 261 g/mol. The van der Waals surface area contributed by atoms with Crippen LogP contribution in [0, 0.1) is 6.92 Å². The normalized spacial score (nSPS) is 14.6. The second kappa shape index (κ2) is 5.73. The number of hydrogen-bond donors (Lipinski definition) is 2. The first-order valence-corrected chi connectivity index (χ1v) is 6.57. The van der Waals surface area contributed by atoms with Gasteiger partial charge in [0.15, 0.2) is 0 Å². The minimum atomic E-state index is -0.231. The highest BCUT2D eigenvalue weighted by Crippen LogP contribution is 2.28. The van der Waals surface area contributed by atoms with E-state index in [-0.39, 0.29) is 11.9 Å². The van der Waals surface area contributed by atoms with Crippen LogP contribution < -0.4 is 15.5 Å². The Balaban J connectivity index is 2.19. The van der Waals surface area contributed by atoms with Gasteiger partial charge in [-0.2, -0.15) is 0 Å². The van der Waals surface area contributed by atoms with Gasteiger partial charge in [0, 0.05) is 30.9 Å². The summed E-state index contributed by atoms with van der Waals surface area (Å²) in [7, 11) is 0. The average Bonchev–Trinajstić information content (AvgIpc) is 2.78. The Morgan fingerprint density at radius 2 is 2.21 bits per heavy atom. The van der Waals surface area contributed by atoms with E-state index >= 15 is 0 Å². The highest BCUT2D eigenvalue weighted by atomic mass is 16.2. The molecule has 0 saturated carbocycles. The highest BCUT2D eigenvalue weighted by Gasteiger charge is 2.23. The number of amides is 3. The SMILES string of the molecule is CCNC(=O)Nc1ccc(C)c(N2CCCC2=O)c1. The number of benzene rings is 1.